The SMILES string of the molecule is O=C(Nc1ccccc1)N1CC[C@@H]2OCC[C@H]2C1. The highest BCUT2D eigenvalue weighted by Gasteiger charge is 2.35. The number of likely N-dealkylation sites (tertiary alicyclic amines) is 1. The Labute approximate surface area is 107 Å². The summed E-state index contributed by atoms with van der Waals surface area (Å²) in [6.45, 7) is 2.46. The molecule has 2 atom stereocenters. The van der Waals surface area contributed by atoms with Gasteiger partial charge in [-0.15, -0.1) is 0 Å². The van der Waals surface area contributed by atoms with E-state index in [2.05, 4.69) is 5.32 Å². The molecule has 4 nitrogen and oxygen atoms in total. The van der Waals surface area contributed by atoms with Crippen LogP contribution in [0.5, 0.6) is 0 Å². The molecule has 2 saturated heterocycles. The molecule has 96 valence electrons. The predicted octanol–water partition coefficient (Wildman–Crippen LogP) is 2.33. The largest absolute Gasteiger partial charge is 0.378 e. The number of para-hydroxylation sites is 1. The fraction of sp³-hybridized carbons (Fsp3) is 0.500. The maximum absolute atomic E-state index is 12.1. The van der Waals surface area contributed by atoms with Crippen molar-refractivity contribution in [3.8, 4) is 0 Å². The molecule has 0 spiro atoms. The van der Waals surface area contributed by atoms with Gasteiger partial charge in [0.05, 0.1) is 6.10 Å². The molecule has 2 aliphatic rings. The van der Waals surface area contributed by atoms with Crippen molar-refractivity contribution in [2.75, 3.05) is 25.0 Å². The Hall–Kier alpha value is -1.55. The van der Waals surface area contributed by atoms with E-state index >= 15 is 0 Å². The van der Waals surface area contributed by atoms with Crippen LogP contribution in [0.15, 0.2) is 30.3 Å². The van der Waals surface area contributed by atoms with Gasteiger partial charge in [0.25, 0.3) is 0 Å². The van der Waals surface area contributed by atoms with Gasteiger partial charge >= 0.3 is 6.03 Å². The van der Waals surface area contributed by atoms with Gasteiger partial charge in [0, 0.05) is 31.3 Å². The minimum Gasteiger partial charge on any atom is -0.378 e. The number of piperidine rings is 1. The standard InChI is InChI=1S/C14H18N2O2/c17-14(15-12-4-2-1-3-5-12)16-8-6-13-11(10-16)7-9-18-13/h1-5,11,13H,6-10H2,(H,15,17)/t11-,13-/m0/s1. The highest BCUT2D eigenvalue weighted by atomic mass is 16.5. The lowest BCUT2D eigenvalue weighted by Gasteiger charge is -2.34. The maximum atomic E-state index is 12.1. The zero-order chi connectivity index (χ0) is 12.4. The van der Waals surface area contributed by atoms with Crippen molar-refractivity contribution in [3.05, 3.63) is 30.3 Å². The van der Waals surface area contributed by atoms with Gasteiger partial charge in [-0.2, -0.15) is 0 Å². The third-order valence-corrected chi connectivity index (χ3v) is 3.80. The summed E-state index contributed by atoms with van der Waals surface area (Å²) in [5.74, 6) is 0.528. The third kappa shape index (κ3) is 2.34. The maximum Gasteiger partial charge on any atom is 0.321 e. The number of anilines is 1. The number of amides is 2. The molecule has 4 heteroatoms. The number of nitrogens with one attached hydrogen (secondary N) is 1. The number of hydrogen-bond donors (Lipinski definition) is 1. The molecule has 2 heterocycles. The lowest BCUT2D eigenvalue weighted by molar-refractivity contribution is 0.0469. The minimum absolute atomic E-state index is 0.00606. The van der Waals surface area contributed by atoms with Crippen molar-refractivity contribution in [1.29, 1.82) is 0 Å². The summed E-state index contributed by atoms with van der Waals surface area (Å²) >= 11 is 0. The first-order chi connectivity index (χ1) is 8.83. The molecular formula is C14H18N2O2. The first-order valence-electron chi connectivity index (χ1n) is 6.55. The number of benzene rings is 1. The van der Waals surface area contributed by atoms with Crippen LogP contribution in [0, 0.1) is 5.92 Å². The van der Waals surface area contributed by atoms with Crippen molar-refractivity contribution < 1.29 is 9.53 Å². The van der Waals surface area contributed by atoms with Gasteiger partial charge in [-0.3, -0.25) is 0 Å². The van der Waals surface area contributed by atoms with Gasteiger partial charge in [-0.1, -0.05) is 18.2 Å². The fourth-order valence-corrected chi connectivity index (χ4v) is 2.79. The van der Waals surface area contributed by atoms with E-state index in [0.717, 1.165) is 38.2 Å². The Morgan fingerprint density at radius 3 is 2.94 bits per heavy atom. The molecule has 0 bridgehead atoms. The number of carbonyl (C=O) groups is 1. The van der Waals surface area contributed by atoms with E-state index in [0.29, 0.717) is 12.0 Å². The number of fused-ring (bicyclic) bond motifs is 1. The van der Waals surface area contributed by atoms with Crippen LogP contribution in [0.1, 0.15) is 12.8 Å². The van der Waals surface area contributed by atoms with Gasteiger partial charge in [-0.05, 0) is 25.0 Å². The Bertz CT molecular complexity index is 421. The van der Waals surface area contributed by atoms with E-state index < -0.39 is 0 Å². The summed E-state index contributed by atoms with van der Waals surface area (Å²) in [5.41, 5.74) is 0.854. The second kappa shape index (κ2) is 4.98. The van der Waals surface area contributed by atoms with Crippen LogP contribution in [0.3, 0.4) is 0 Å². The fourth-order valence-electron chi connectivity index (χ4n) is 2.79. The van der Waals surface area contributed by atoms with Crippen molar-refractivity contribution in [2.24, 2.45) is 5.92 Å². The Morgan fingerprint density at radius 1 is 1.28 bits per heavy atom. The average molecular weight is 246 g/mol. The van der Waals surface area contributed by atoms with E-state index in [9.17, 15) is 4.79 Å². The monoisotopic (exact) mass is 246 g/mol. The number of carbonyl (C=O) groups excluding carboxylic acids is 1. The zero-order valence-electron chi connectivity index (χ0n) is 10.3. The minimum atomic E-state index is 0.00606. The molecule has 3 rings (SSSR count). The van der Waals surface area contributed by atoms with E-state index in [-0.39, 0.29) is 6.03 Å². The van der Waals surface area contributed by atoms with Crippen LogP contribution < -0.4 is 5.32 Å². The van der Waals surface area contributed by atoms with E-state index in [1.807, 2.05) is 35.2 Å². The van der Waals surface area contributed by atoms with Crippen LogP contribution in [-0.4, -0.2) is 36.7 Å². The highest BCUT2D eigenvalue weighted by molar-refractivity contribution is 5.89. The van der Waals surface area contributed by atoms with E-state index in [1.54, 1.807) is 0 Å². The normalized spacial score (nSPS) is 26.8. The van der Waals surface area contributed by atoms with Gasteiger partial charge in [0.1, 0.15) is 0 Å². The lowest BCUT2D eigenvalue weighted by atomic mass is 9.94. The van der Waals surface area contributed by atoms with E-state index in [1.165, 1.54) is 0 Å². The smallest absolute Gasteiger partial charge is 0.321 e. The van der Waals surface area contributed by atoms with Crippen molar-refractivity contribution >= 4 is 11.7 Å². The van der Waals surface area contributed by atoms with Gasteiger partial charge in [-0.25, -0.2) is 4.79 Å². The molecule has 2 aliphatic heterocycles. The van der Waals surface area contributed by atoms with Crippen molar-refractivity contribution in [3.63, 3.8) is 0 Å². The number of ether oxygens (including phenoxy) is 1. The van der Waals surface area contributed by atoms with Gasteiger partial charge < -0.3 is 15.0 Å². The Kier molecular flexibility index (Phi) is 3.19. The Balaban J connectivity index is 1.60. The zero-order valence-corrected chi connectivity index (χ0v) is 10.3. The Morgan fingerprint density at radius 2 is 2.11 bits per heavy atom. The molecule has 2 amide bonds. The molecular weight excluding hydrogens is 228 g/mol. The topological polar surface area (TPSA) is 41.6 Å². The highest BCUT2D eigenvalue weighted by Crippen LogP contribution is 2.28. The van der Waals surface area contributed by atoms with Crippen LogP contribution in [0.25, 0.3) is 0 Å². The summed E-state index contributed by atoms with van der Waals surface area (Å²) in [6.07, 6.45) is 2.43. The van der Waals surface area contributed by atoms with Crippen LogP contribution in [-0.2, 0) is 4.74 Å². The number of urea groups is 1. The molecule has 0 aromatic heterocycles. The molecule has 0 aliphatic carbocycles. The molecule has 18 heavy (non-hydrogen) atoms. The molecule has 1 N–H and O–H groups in total. The molecule has 1 aromatic carbocycles. The third-order valence-electron chi connectivity index (χ3n) is 3.80. The summed E-state index contributed by atoms with van der Waals surface area (Å²) in [4.78, 5) is 14.0. The first kappa shape index (κ1) is 11.5. The van der Waals surface area contributed by atoms with Crippen molar-refractivity contribution in [2.45, 2.75) is 18.9 Å². The quantitative estimate of drug-likeness (QED) is 0.826. The van der Waals surface area contributed by atoms with Gasteiger partial charge in [0.2, 0.25) is 0 Å². The molecule has 0 saturated carbocycles. The number of rotatable bonds is 1. The molecule has 0 unspecified atom stereocenters. The molecule has 2 fully saturated rings. The summed E-state index contributed by atoms with van der Waals surface area (Å²) in [5, 5.41) is 2.94. The second-order valence-corrected chi connectivity index (χ2v) is 4.99. The lowest BCUT2D eigenvalue weighted by Crippen LogP contribution is -2.46. The van der Waals surface area contributed by atoms with E-state index in [4.69, 9.17) is 4.74 Å². The molecule has 1 aromatic rings. The predicted molar refractivity (Wildman–Crippen MR) is 69.5 cm³/mol. The second-order valence-electron chi connectivity index (χ2n) is 4.99. The van der Waals surface area contributed by atoms with Crippen molar-refractivity contribution in [1.82, 2.24) is 4.90 Å². The van der Waals surface area contributed by atoms with Crippen LogP contribution in [0.2, 0.25) is 0 Å². The van der Waals surface area contributed by atoms with Crippen LogP contribution >= 0.6 is 0 Å². The average Bonchev–Trinajstić information content (AvgIpc) is 2.87. The number of hydrogen-bond acceptors (Lipinski definition) is 2. The summed E-state index contributed by atoms with van der Waals surface area (Å²) in [7, 11) is 0. The van der Waals surface area contributed by atoms with Gasteiger partial charge in [0.15, 0.2) is 0 Å². The summed E-state index contributed by atoms with van der Waals surface area (Å²) in [6, 6.07) is 9.61. The first-order valence-corrected chi connectivity index (χ1v) is 6.55. The summed E-state index contributed by atoms with van der Waals surface area (Å²) < 4.78 is 5.64. The number of nitrogens with zero attached hydrogens (tertiary/aromatic N) is 1. The van der Waals surface area contributed by atoms with Crippen LogP contribution in [0.4, 0.5) is 10.5 Å². The molecule has 0 radical (unpaired) electrons.